The van der Waals surface area contributed by atoms with E-state index >= 15 is 0 Å². The summed E-state index contributed by atoms with van der Waals surface area (Å²) in [6, 6.07) is 13.9. The molecular formula is C25H26N4O4. The third-order valence-corrected chi connectivity index (χ3v) is 5.23. The molecule has 4 rings (SSSR count). The molecule has 3 heterocycles. The van der Waals surface area contributed by atoms with Gasteiger partial charge in [-0.3, -0.25) is 4.79 Å². The van der Waals surface area contributed by atoms with Crippen molar-refractivity contribution < 1.29 is 18.7 Å². The van der Waals surface area contributed by atoms with Crippen LogP contribution in [-0.2, 0) is 16.0 Å². The van der Waals surface area contributed by atoms with E-state index in [1.165, 1.54) is 0 Å². The van der Waals surface area contributed by atoms with Crippen molar-refractivity contribution in [2.45, 2.75) is 39.3 Å². The van der Waals surface area contributed by atoms with Crippen LogP contribution in [0.25, 0.3) is 22.5 Å². The molecule has 1 amide bonds. The highest BCUT2D eigenvalue weighted by Crippen LogP contribution is 2.26. The second kappa shape index (κ2) is 9.68. The predicted octanol–water partition coefficient (Wildman–Crippen LogP) is 4.18. The van der Waals surface area contributed by atoms with Gasteiger partial charge in [-0.05, 0) is 44.5 Å². The fourth-order valence-electron chi connectivity index (χ4n) is 3.66. The number of esters is 1. The third kappa shape index (κ3) is 4.79. The summed E-state index contributed by atoms with van der Waals surface area (Å²) in [5, 5.41) is 7.88. The summed E-state index contributed by atoms with van der Waals surface area (Å²) < 4.78 is 12.5. The zero-order valence-electron chi connectivity index (χ0n) is 18.8. The van der Waals surface area contributed by atoms with E-state index in [9.17, 15) is 9.59 Å². The molecule has 0 fully saturated rings. The van der Waals surface area contributed by atoms with Gasteiger partial charge >= 0.3 is 5.97 Å². The van der Waals surface area contributed by atoms with E-state index < -0.39 is 17.9 Å². The first-order chi connectivity index (χ1) is 16.0. The topological polar surface area (TPSA) is 99.2 Å². The van der Waals surface area contributed by atoms with Gasteiger partial charge in [0, 0.05) is 12.5 Å². The Morgan fingerprint density at radius 3 is 2.61 bits per heavy atom. The molecule has 1 unspecified atom stereocenters. The quantitative estimate of drug-likeness (QED) is 0.408. The molecule has 0 aliphatic carbocycles. The van der Waals surface area contributed by atoms with Crippen LogP contribution in [0.5, 0.6) is 0 Å². The van der Waals surface area contributed by atoms with Crippen LogP contribution < -0.4 is 5.32 Å². The number of rotatable bonds is 8. The van der Waals surface area contributed by atoms with Gasteiger partial charge in [-0.2, -0.15) is 5.10 Å². The predicted molar refractivity (Wildman–Crippen MR) is 124 cm³/mol. The van der Waals surface area contributed by atoms with Gasteiger partial charge < -0.3 is 14.5 Å². The number of benzene rings is 1. The molecule has 0 saturated carbocycles. The monoisotopic (exact) mass is 446 g/mol. The maximum absolute atomic E-state index is 13.5. The number of nitrogens with zero attached hydrogens (tertiary/aromatic N) is 3. The van der Waals surface area contributed by atoms with Crippen molar-refractivity contribution in [2.75, 3.05) is 6.61 Å². The van der Waals surface area contributed by atoms with Gasteiger partial charge in [0.25, 0.3) is 5.91 Å². The highest BCUT2D eigenvalue weighted by Gasteiger charge is 2.26. The summed E-state index contributed by atoms with van der Waals surface area (Å²) in [6.07, 6.45) is 3.49. The Hall–Kier alpha value is -3.94. The molecule has 4 aromatic rings. The summed E-state index contributed by atoms with van der Waals surface area (Å²) in [6.45, 7) is 5.94. The number of hydrogen-bond donors (Lipinski definition) is 1. The molecule has 0 spiro atoms. The number of carbonyl (C=O) groups is 2. The van der Waals surface area contributed by atoms with Crippen LogP contribution >= 0.6 is 0 Å². The maximum Gasteiger partial charge on any atom is 0.328 e. The molecule has 170 valence electrons. The Morgan fingerprint density at radius 1 is 1.15 bits per heavy atom. The van der Waals surface area contributed by atoms with Crippen LogP contribution in [0.15, 0.2) is 65.4 Å². The lowest BCUT2D eigenvalue weighted by Gasteiger charge is -2.18. The fraction of sp³-hybridized carbons (Fsp3) is 0.280. The maximum atomic E-state index is 13.5. The molecular weight excluding hydrogens is 420 g/mol. The summed E-state index contributed by atoms with van der Waals surface area (Å²) >= 11 is 0. The Morgan fingerprint density at radius 2 is 1.94 bits per heavy atom. The number of carbonyl (C=O) groups excluding carboxylic acids is 2. The van der Waals surface area contributed by atoms with Gasteiger partial charge in [0.2, 0.25) is 0 Å². The van der Waals surface area contributed by atoms with Crippen molar-refractivity contribution in [3.63, 3.8) is 0 Å². The Bertz CT molecular complexity index is 1250. The number of hydrogen-bond acceptors (Lipinski definition) is 6. The molecule has 0 saturated heterocycles. The molecule has 1 aromatic carbocycles. The minimum atomic E-state index is -0.838. The fourth-order valence-corrected chi connectivity index (χ4v) is 3.66. The van der Waals surface area contributed by atoms with Gasteiger partial charge in [-0.15, -0.1) is 0 Å². The number of pyridine rings is 1. The van der Waals surface area contributed by atoms with Gasteiger partial charge in [-0.25, -0.2) is 14.5 Å². The molecule has 8 nitrogen and oxygen atoms in total. The zero-order chi connectivity index (χ0) is 23.4. The summed E-state index contributed by atoms with van der Waals surface area (Å²) in [7, 11) is 0. The van der Waals surface area contributed by atoms with Gasteiger partial charge in [0.05, 0.1) is 30.0 Å². The molecule has 0 bridgehead atoms. The standard InChI is InChI=1S/C25H26N4O4/c1-4-32-25(31)21(13-17-9-6-5-7-10-17)28-24(30)18-14-20(22-11-8-12-33-22)27-23-19(18)15-26-29(23)16(2)3/h5-12,14-16,21H,4,13H2,1-3H3,(H,28,30). The highest BCUT2D eigenvalue weighted by atomic mass is 16.5. The second-order valence-electron chi connectivity index (χ2n) is 7.92. The molecule has 0 aliphatic heterocycles. The summed E-state index contributed by atoms with van der Waals surface area (Å²) in [5.74, 6) is -0.356. The van der Waals surface area contributed by atoms with E-state index in [4.69, 9.17) is 9.15 Å². The zero-order valence-corrected chi connectivity index (χ0v) is 18.8. The second-order valence-corrected chi connectivity index (χ2v) is 7.92. The van der Waals surface area contributed by atoms with Crippen molar-refractivity contribution in [1.82, 2.24) is 20.1 Å². The normalized spacial score (nSPS) is 12.1. The van der Waals surface area contributed by atoms with E-state index in [-0.39, 0.29) is 12.6 Å². The van der Waals surface area contributed by atoms with Crippen LogP contribution in [0, 0.1) is 0 Å². The SMILES string of the molecule is CCOC(=O)C(Cc1ccccc1)NC(=O)c1cc(-c2ccco2)nc2c1cnn2C(C)C. The van der Waals surface area contributed by atoms with E-state index in [1.807, 2.05) is 44.2 Å². The third-order valence-electron chi connectivity index (χ3n) is 5.23. The Balaban J connectivity index is 1.73. The summed E-state index contributed by atoms with van der Waals surface area (Å²) in [5.41, 5.74) is 2.36. The molecule has 1 atom stereocenters. The average molecular weight is 447 g/mol. The largest absolute Gasteiger partial charge is 0.464 e. The number of ether oxygens (including phenoxy) is 1. The number of fused-ring (bicyclic) bond motifs is 1. The lowest BCUT2D eigenvalue weighted by molar-refractivity contribution is -0.145. The molecule has 0 radical (unpaired) electrons. The van der Waals surface area contributed by atoms with Crippen LogP contribution in [0.2, 0.25) is 0 Å². The van der Waals surface area contributed by atoms with Crippen molar-refractivity contribution in [3.8, 4) is 11.5 Å². The van der Waals surface area contributed by atoms with E-state index in [0.717, 1.165) is 5.56 Å². The molecule has 33 heavy (non-hydrogen) atoms. The van der Waals surface area contributed by atoms with E-state index in [1.54, 1.807) is 42.3 Å². The Kier molecular flexibility index (Phi) is 6.53. The van der Waals surface area contributed by atoms with Crippen LogP contribution in [-0.4, -0.2) is 39.3 Å². The molecule has 0 aliphatic rings. The number of amides is 1. The first-order valence-corrected chi connectivity index (χ1v) is 10.9. The van der Waals surface area contributed by atoms with Gasteiger partial charge in [0.15, 0.2) is 11.4 Å². The van der Waals surface area contributed by atoms with E-state index in [2.05, 4.69) is 15.4 Å². The highest BCUT2D eigenvalue weighted by molar-refractivity contribution is 6.07. The Labute approximate surface area is 191 Å². The number of nitrogens with one attached hydrogen (secondary N) is 1. The smallest absolute Gasteiger partial charge is 0.328 e. The lowest BCUT2D eigenvalue weighted by atomic mass is 10.0. The van der Waals surface area contributed by atoms with Crippen LogP contribution in [0.4, 0.5) is 0 Å². The molecule has 1 N–H and O–H groups in total. The first-order valence-electron chi connectivity index (χ1n) is 10.9. The van der Waals surface area contributed by atoms with E-state index in [0.29, 0.717) is 34.5 Å². The van der Waals surface area contributed by atoms with Gasteiger partial charge in [-0.1, -0.05) is 30.3 Å². The van der Waals surface area contributed by atoms with Gasteiger partial charge in [0.1, 0.15) is 11.7 Å². The van der Waals surface area contributed by atoms with Crippen molar-refractivity contribution in [3.05, 3.63) is 72.1 Å². The minimum Gasteiger partial charge on any atom is -0.464 e. The minimum absolute atomic E-state index is 0.0446. The first kappa shape index (κ1) is 22.3. The molecule has 8 heteroatoms. The number of furan rings is 1. The summed E-state index contributed by atoms with van der Waals surface area (Å²) in [4.78, 5) is 30.8. The van der Waals surface area contributed by atoms with Crippen molar-refractivity contribution in [1.29, 1.82) is 0 Å². The molecule has 3 aromatic heterocycles. The van der Waals surface area contributed by atoms with Crippen molar-refractivity contribution in [2.24, 2.45) is 0 Å². The van der Waals surface area contributed by atoms with Crippen LogP contribution in [0.1, 0.15) is 42.7 Å². The lowest BCUT2D eigenvalue weighted by Crippen LogP contribution is -2.43. The van der Waals surface area contributed by atoms with Crippen molar-refractivity contribution >= 4 is 22.9 Å². The average Bonchev–Trinajstić information content (AvgIpc) is 3.49. The van der Waals surface area contributed by atoms with Crippen LogP contribution in [0.3, 0.4) is 0 Å². The number of aromatic nitrogens is 3.